The summed E-state index contributed by atoms with van der Waals surface area (Å²) in [7, 11) is 0. The molecule has 2 aromatic rings. The second-order valence-corrected chi connectivity index (χ2v) is 4.84. The van der Waals surface area contributed by atoms with Gasteiger partial charge in [0.05, 0.1) is 12.2 Å². The Labute approximate surface area is 123 Å². The third kappa shape index (κ3) is 4.33. The van der Waals surface area contributed by atoms with Crippen molar-refractivity contribution in [1.82, 2.24) is 10.3 Å². The van der Waals surface area contributed by atoms with Crippen LogP contribution in [0.15, 0.2) is 42.6 Å². The molecule has 0 aliphatic rings. The molecule has 20 heavy (non-hydrogen) atoms. The number of aryl methyl sites for hydroxylation is 1. The van der Waals surface area contributed by atoms with Crippen LogP contribution in [0, 0.1) is 6.92 Å². The van der Waals surface area contributed by atoms with Crippen LogP contribution in [0.3, 0.4) is 0 Å². The maximum Gasteiger partial charge on any atom is 0.238 e. The van der Waals surface area contributed by atoms with Crippen LogP contribution in [0.1, 0.15) is 11.3 Å². The molecule has 0 bridgehead atoms. The fourth-order valence-corrected chi connectivity index (χ4v) is 1.86. The molecule has 1 heterocycles. The van der Waals surface area contributed by atoms with Crippen LogP contribution >= 0.6 is 11.6 Å². The number of carbonyl (C=O) groups excluding carboxylic acids is 1. The molecule has 0 fully saturated rings. The van der Waals surface area contributed by atoms with Gasteiger partial charge in [0.15, 0.2) is 0 Å². The number of aromatic nitrogens is 1. The van der Waals surface area contributed by atoms with Crippen molar-refractivity contribution in [1.29, 1.82) is 0 Å². The highest BCUT2D eigenvalue weighted by Crippen LogP contribution is 2.19. The Balaban J connectivity index is 1.79. The normalized spacial score (nSPS) is 10.3. The van der Waals surface area contributed by atoms with Gasteiger partial charge in [-0.2, -0.15) is 0 Å². The van der Waals surface area contributed by atoms with Crippen LogP contribution in [-0.2, 0) is 11.3 Å². The highest BCUT2D eigenvalue weighted by atomic mass is 35.5. The number of hydrogen-bond acceptors (Lipinski definition) is 3. The van der Waals surface area contributed by atoms with Crippen molar-refractivity contribution >= 4 is 23.2 Å². The molecule has 0 unspecified atom stereocenters. The fraction of sp³-hybridized carbons (Fsp3) is 0.200. The van der Waals surface area contributed by atoms with Crippen molar-refractivity contribution in [2.75, 3.05) is 11.9 Å². The molecule has 1 amide bonds. The van der Waals surface area contributed by atoms with E-state index in [4.69, 9.17) is 11.6 Å². The maximum absolute atomic E-state index is 11.8. The Morgan fingerprint density at radius 3 is 2.85 bits per heavy atom. The van der Waals surface area contributed by atoms with Crippen molar-refractivity contribution in [3.8, 4) is 0 Å². The van der Waals surface area contributed by atoms with Gasteiger partial charge >= 0.3 is 0 Å². The van der Waals surface area contributed by atoms with Crippen LogP contribution < -0.4 is 10.6 Å². The Kier molecular flexibility index (Phi) is 5.09. The molecular formula is C15H16ClN3O. The molecule has 0 saturated heterocycles. The topological polar surface area (TPSA) is 54.0 Å². The first kappa shape index (κ1) is 14.5. The molecule has 0 atom stereocenters. The van der Waals surface area contributed by atoms with Crippen LogP contribution in [-0.4, -0.2) is 17.4 Å². The molecule has 1 aromatic heterocycles. The minimum Gasteiger partial charge on any atom is -0.325 e. The molecular weight excluding hydrogens is 274 g/mol. The molecule has 2 N–H and O–H groups in total. The number of pyridine rings is 1. The van der Waals surface area contributed by atoms with Crippen molar-refractivity contribution in [2.24, 2.45) is 0 Å². The van der Waals surface area contributed by atoms with E-state index in [0.29, 0.717) is 17.3 Å². The molecule has 0 aliphatic heterocycles. The lowest BCUT2D eigenvalue weighted by molar-refractivity contribution is -0.115. The number of amides is 1. The van der Waals surface area contributed by atoms with E-state index in [1.807, 2.05) is 37.3 Å². The smallest absolute Gasteiger partial charge is 0.238 e. The fourth-order valence-electron chi connectivity index (χ4n) is 1.68. The van der Waals surface area contributed by atoms with Crippen molar-refractivity contribution < 1.29 is 4.79 Å². The lowest BCUT2D eigenvalue weighted by Gasteiger charge is -2.07. The number of nitrogens with zero attached hydrogens (tertiary/aromatic N) is 1. The molecule has 4 nitrogen and oxygen atoms in total. The number of anilines is 1. The largest absolute Gasteiger partial charge is 0.325 e. The third-order valence-corrected chi connectivity index (χ3v) is 3.18. The van der Waals surface area contributed by atoms with Crippen molar-refractivity contribution in [3.63, 3.8) is 0 Å². The van der Waals surface area contributed by atoms with E-state index in [0.717, 1.165) is 11.3 Å². The van der Waals surface area contributed by atoms with Gasteiger partial charge in [0.1, 0.15) is 0 Å². The number of rotatable bonds is 5. The zero-order valence-corrected chi connectivity index (χ0v) is 11.9. The Morgan fingerprint density at radius 2 is 2.15 bits per heavy atom. The average Bonchev–Trinajstić information content (AvgIpc) is 2.44. The van der Waals surface area contributed by atoms with Crippen LogP contribution in [0.25, 0.3) is 0 Å². The number of halogens is 1. The van der Waals surface area contributed by atoms with Gasteiger partial charge in [-0.3, -0.25) is 9.78 Å². The predicted molar refractivity (Wildman–Crippen MR) is 80.8 cm³/mol. The molecule has 0 spiro atoms. The summed E-state index contributed by atoms with van der Waals surface area (Å²) in [5.41, 5.74) is 2.59. The quantitative estimate of drug-likeness (QED) is 0.890. The monoisotopic (exact) mass is 289 g/mol. The van der Waals surface area contributed by atoms with Gasteiger partial charge in [-0.05, 0) is 36.8 Å². The maximum atomic E-state index is 11.8. The van der Waals surface area contributed by atoms with Crippen LogP contribution in [0.4, 0.5) is 5.69 Å². The summed E-state index contributed by atoms with van der Waals surface area (Å²) >= 11 is 6.01. The molecule has 0 aliphatic carbocycles. The Morgan fingerprint density at radius 1 is 1.30 bits per heavy atom. The number of benzene rings is 1. The molecule has 0 saturated carbocycles. The second-order valence-electron chi connectivity index (χ2n) is 4.44. The summed E-state index contributed by atoms with van der Waals surface area (Å²) in [6, 6.07) is 11.1. The van der Waals surface area contributed by atoms with Crippen LogP contribution in [0.2, 0.25) is 5.02 Å². The Bertz CT molecular complexity index is 587. The molecule has 104 valence electrons. The summed E-state index contributed by atoms with van der Waals surface area (Å²) in [5.74, 6) is -0.110. The second kappa shape index (κ2) is 7.03. The first-order chi connectivity index (χ1) is 9.65. The summed E-state index contributed by atoms with van der Waals surface area (Å²) in [6.45, 7) is 2.70. The highest BCUT2D eigenvalue weighted by molar-refractivity contribution is 6.31. The molecule has 2 rings (SSSR count). The first-order valence-corrected chi connectivity index (χ1v) is 6.69. The standard InChI is InChI=1S/C15H16ClN3O/c1-11-5-6-12(8-14(11)16)19-15(20)10-17-9-13-4-2-3-7-18-13/h2-8,17H,9-10H2,1H3,(H,19,20). The SMILES string of the molecule is Cc1ccc(NC(=O)CNCc2ccccn2)cc1Cl. The van der Waals surface area contributed by atoms with Gasteiger partial charge in [-0.1, -0.05) is 23.7 Å². The van der Waals surface area contributed by atoms with E-state index in [-0.39, 0.29) is 12.5 Å². The first-order valence-electron chi connectivity index (χ1n) is 6.32. The number of hydrogen-bond donors (Lipinski definition) is 2. The summed E-state index contributed by atoms with van der Waals surface area (Å²) in [5, 5.41) is 6.47. The van der Waals surface area contributed by atoms with E-state index in [2.05, 4.69) is 15.6 Å². The van der Waals surface area contributed by atoms with Crippen LogP contribution in [0.5, 0.6) is 0 Å². The lowest BCUT2D eigenvalue weighted by atomic mass is 10.2. The zero-order valence-electron chi connectivity index (χ0n) is 11.2. The van der Waals surface area contributed by atoms with Gasteiger partial charge in [0, 0.05) is 23.5 Å². The van der Waals surface area contributed by atoms with Gasteiger partial charge in [-0.15, -0.1) is 0 Å². The van der Waals surface area contributed by atoms with Crippen molar-refractivity contribution in [3.05, 3.63) is 58.9 Å². The van der Waals surface area contributed by atoms with Gasteiger partial charge < -0.3 is 10.6 Å². The summed E-state index contributed by atoms with van der Waals surface area (Å²) in [4.78, 5) is 15.9. The van der Waals surface area contributed by atoms with E-state index in [1.54, 1.807) is 12.3 Å². The summed E-state index contributed by atoms with van der Waals surface area (Å²) < 4.78 is 0. The van der Waals surface area contributed by atoms with Gasteiger partial charge in [0.2, 0.25) is 5.91 Å². The van der Waals surface area contributed by atoms with Gasteiger partial charge in [0.25, 0.3) is 0 Å². The number of nitrogens with one attached hydrogen (secondary N) is 2. The average molecular weight is 290 g/mol. The van der Waals surface area contributed by atoms with Crippen molar-refractivity contribution in [2.45, 2.75) is 13.5 Å². The van der Waals surface area contributed by atoms with E-state index in [1.165, 1.54) is 0 Å². The minimum atomic E-state index is -0.110. The third-order valence-electron chi connectivity index (χ3n) is 2.77. The van der Waals surface area contributed by atoms with E-state index >= 15 is 0 Å². The molecule has 1 aromatic carbocycles. The molecule has 0 radical (unpaired) electrons. The lowest BCUT2D eigenvalue weighted by Crippen LogP contribution is -2.27. The zero-order chi connectivity index (χ0) is 14.4. The van der Waals surface area contributed by atoms with E-state index in [9.17, 15) is 4.79 Å². The Hall–Kier alpha value is -1.91. The summed E-state index contributed by atoms with van der Waals surface area (Å²) in [6.07, 6.45) is 1.73. The predicted octanol–water partition coefficient (Wildman–Crippen LogP) is 2.77. The number of carbonyl (C=O) groups is 1. The van der Waals surface area contributed by atoms with E-state index < -0.39 is 0 Å². The van der Waals surface area contributed by atoms with Gasteiger partial charge in [-0.25, -0.2) is 0 Å². The highest BCUT2D eigenvalue weighted by Gasteiger charge is 2.03. The molecule has 5 heteroatoms. The minimum absolute atomic E-state index is 0.110.